The molecule has 0 bridgehead atoms. The summed E-state index contributed by atoms with van der Waals surface area (Å²) in [7, 11) is -3.04. The predicted molar refractivity (Wildman–Crippen MR) is 75.0 cm³/mol. The van der Waals surface area contributed by atoms with Crippen LogP contribution in [0.2, 0.25) is 5.02 Å². The van der Waals surface area contributed by atoms with Gasteiger partial charge in [-0.2, -0.15) is 0 Å². The Hall–Kier alpha value is -1.27. The SMILES string of the molecule is Nc1cc(C(=O)NC2CCCS(=O)(=O)C2)ccc1Cl. The third-order valence-corrected chi connectivity index (χ3v) is 5.22. The number of carbonyl (C=O) groups is 1. The highest BCUT2D eigenvalue weighted by Gasteiger charge is 2.26. The standard InChI is InChI=1S/C12H15ClN2O3S/c13-10-4-3-8(6-11(10)14)12(16)15-9-2-1-5-19(17,18)7-9/h3-4,6,9H,1-2,5,7,14H2,(H,15,16). The molecule has 0 radical (unpaired) electrons. The van der Waals surface area contributed by atoms with Gasteiger partial charge in [0.15, 0.2) is 9.84 Å². The van der Waals surface area contributed by atoms with E-state index in [2.05, 4.69) is 5.32 Å². The van der Waals surface area contributed by atoms with E-state index in [9.17, 15) is 13.2 Å². The third kappa shape index (κ3) is 3.61. The van der Waals surface area contributed by atoms with Gasteiger partial charge in [0.05, 0.1) is 22.2 Å². The molecule has 0 aliphatic carbocycles. The number of nitrogen functional groups attached to an aromatic ring is 1. The summed E-state index contributed by atoms with van der Waals surface area (Å²) in [6.45, 7) is 0. The van der Waals surface area contributed by atoms with E-state index in [4.69, 9.17) is 17.3 Å². The van der Waals surface area contributed by atoms with E-state index in [0.717, 1.165) is 0 Å². The first-order valence-electron chi connectivity index (χ1n) is 5.94. The third-order valence-electron chi connectivity index (χ3n) is 3.06. The number of nitrogens with one attached hydrogen (secondary N) is 1. The van der Waals surface area contributed by atoms with Gasteiger partial charge in [-0.1, -0.05) is 11.6 Å². The molecular weight excluding hydrogens is 288 g/mol. The second-order valence-corrected chi connectivity index (χ2v) is 7.30. The second kappa shape index (κ2) is 5.38. The van der Waals surface area contributed by atoms with Crippen LogP contribution < -0.4 is 11.1 Å². The van der Waals surface area contributed by atoms with Crippen LogP contribution in [-0.2, 0) is 9.84 Å². The molecular formula is C12H15ClN2O3S. The average Bonchev–Trinajstić information content (AvgIpc) is 2.31. The number of benzene rings is 1. The Morgan fingerprint density at radius 3 is 2.79 bits per heavy atom. The lowest BCUT2D eigenvalue weighted by Crippen LogP contribution is -2.43. The van der Waals surface area contributed by atoms with Crippen molar-refractivity contribution in [2.24, 2.45) is 0 Å². The van der Waals surface area contributed by atoms with E-state index in [1.165, 1.54) is 6.07 Å². The van der Waals surface area contributed by atoms with Crippen LogP contribution in [-0.4, -0.2) is 31.9 Å². The summed E-state index contributed by atoms with van der Waals surface area (Å²) >= 11 is 5.78. The van der Waals surface area contributed by atoms with Crippen molar-refractivity contribution >= 4 is 33.0 Å². The number of carbonyl (C=O) groups excluding carboxylic acids is 1. The molecule has 1 amide bonds. The molecule has 19 heavy (non-hydrogen) atoms. The zero-order valence-corrected chi connectivity index (χ0v) is 11.8. The van der Waals surface area contributed by atoms with Gasteiger partial charge in [-0.15, -0.1) is 0 Å². The average molecular weight is 303 g/mol. The quantitative estimate of drug-likeness (QED) is 0.804. The molecule has 1 unspecified atom stereocenters. The minimum Gasteiger partial charge on any atom is -0.398 e. The van der Waals surface area contributed by atoms with Crippen molar-refractivity contribution in [3.63, 3.8) is 0 Å². The van der Waals surface area contributed by atoms with Gasteiger partial charge in [0.2, 0.25) is 0 Å². The Balaban J connectivity index is 2.06. The molecule has 7 heteroatoms. The number of hydrogen-bond acceptors (Lipinski definition) is 4. The predicted octanol–water partition coefficient (Wildman–Crippen LogP) is 1.23. The smallest absolute Gasteiger partial charge is 0.251 e. The number of sulfone groups is 1. The zero-order chi connectivity index (χ0) is 14.0. The van der Waals surface area contributed by atoms with E-state index in [0.29, 0.717) is 29.1 Å². The van der Waals surface area contributed by atoms with Crippen LogP contribution in [0.15, 0.2) is 18.2 Å². The Bertz CT molecular complexity index is 601. The lowest BCUT2D eigenvalue weighted by Gasteiger charge is -2.23. The number of anilines is 1. The van der Waals surface area contributed by atoms with Gasteiger partial charge in [0.1, 0.15) is 0 Å². The normalized spacial score (nSPS) is 21.8. The van der Waals surface area contributed by atoms with Gasteiger partial charge in [-0.25, -0.2) is 8.42 Å². The number of rotatable bonds is 2. The zero-order valence-electron chi connectivity index (χ0n) is 10.2. The molecule has 0 spiro atoms. The monoisotopic (exact) mass is 302 g/mol. The van der Waals surface area contributed by atoms with E-state index in [-0.39, 0.29) is 23.5 Å². The molecule has 1 aromatic rings. The lowest BCUT2D eigenvalue weighted by molar-refractivity contribution is 0.0938. The molecule has 1 aliphatic heterocycles. The summed E-state index contributed by atoms with van der Waals surface area (Å²) < 4.78 is 23.0. The van der Waals surface area contributed by atoms with Gasteiger partial charge in [0.25, 0.3) is 5.91 Å². The molecule has 0 saturated carbocycles. The summed E-state index contributed by atoms with van der Waals surface area (Å²) in [5.41, 5.74) is 6.33. The fourth-order valence-electron chi connectivity index (χ4n) is 2.09. The highest BCUT2D eigenvalue weighted by Crippen LogP contribution is 2.20. The van der Waals surface area contributed by atoms with E-state index in [1.54, 1.807) is 12.1 Å². The second-order valence-electron chi connectivity index (χ2n) is 4.66. The van der Waals surface area contributed by atoms with Crippen LogP contribution in [0.5, 0.6) is 0 Å². The first kappa shape index (κ1) is 14.1. The van der Waals surface area contributed by atoms with Crippen molar-refractivity contribution in [2.75, 3.05) is 17.2 Å². The maximum absolute atomic E-state index is 12.0. The van der Waals surface area contributed by atoms with Gasteiger partial charge in [0, 0.05) is 11.6 Å². The Labute approximate surface area is 117 Å². The molecule has 3 N–H and O–H groups in total. The van der Waals surface area contributed by atoms with E-state index >= 15 is 0 Å². The van der Waals surface area contributed by atoms with Crippen LogP contribution in [0.25, 0.3) is 0 Å². The van der Waals surface area contributed by atoms with Gasteiger partial charge in [-0.05, 0) is 31.0 Å². The summed E-state index contributed by atoms with van der Waals surface area (Å²) in [6.07, 6.45) is 1.25. The fraction of sp³-hybridized carbons (Fsp3) is 0.417. The highest BCUT2D eigenvalue weighted by molar-refractivity contribution is 7.91. The largest absolute Gasteiger partial charge is 0.398 e. The highest BCUT2D eigenvalue weighted by atomic mass is 35.5. The minimum absolute atomic E-state index is 0.00180. The van der Waals surface area contributed by atoms with Crippen LogP contribution in [0.3, 0.4) is 0 Å². The van der Waals surface area contributed by atoms with Gasteiger partial charge >= 0.3 is 0 Å². The first-order chi connectivity index (χ1) is 8.87. The minimum atomic E-state index is -3.04. The summed E-state index contributed by atoms with van der Waals surface area (Å²) in [4.78, 5) is 12.0. The maximum Gasteiger partial charge on any atom is 0.251 e. The van der Waals surface area contributed by atoms with Crippen molar-refractivity contribution in [1.29, 1.82) is 0 Å². The maximum atomic E-state index is 12.0. The Kier molecular flexibility index (Phi) is 4.01. The topological polar surface area (TPSA) is 89.3 Å². The number of amides is 1. The molecule has 1 fully saturated rings. The Morgan fingerprint density at radius 1 is 1.42 bits per heavy atom. The Morgan fingerprint density at radius 2 is 2.16 bits per heavy atom. The number of hydrogen-bond donors (Lipinski definition) is 2. The fourth-order valence-corrected chi connectivity index (χ4v) is 3.84. The summed E-state index contributed by atoms with van der Waals surface area (Å²) in [5, 5.41) is 3.11. The van der Waals surface area contributed by atoms with Crippen LogP contribution in [0.4, 0.5) is 5.69 Å². The molecule has 2 rings (SSSR count). The number of nitrogens with two attached hydrogens (primary N) is 1. The van der Waals surface area contributed by atoms with E-state index in [1.807, 2.05) is 0 Å². The molecule has 1 aliphatic rings. The van der Waals surface area contributed by atoms with E-state index < -0.39 is 9.84 Å². The van der Waals surface area contributed by atoms with Crippen molar-refractivity contribution in [3.8, 4) is 0 Å². The lowest BCUT2D eigenvalue weighted by atomic mass is 10.1. The van der Waals surface area contributed by atoms with Crippen molar-refractivity contribution in [3.05, 3.63) is 28.8 Å². The van der Waals surface area contributed by atoms with Crippen molar-refractivity contribution < 1.29 is 13.2 Å². The molecule has 0 aromatic heterocycles. The van der Waals surface area contributed by atoms with Gasteiger partial charge in [-0.3, -0.25) is 4.79 Å². The first-order valence-corrected chi connectivity index (χ1v) is 8.14. The molecule has 1 heterocycles. The van der Waals surface area contributed by atoms with Crippen molar-refractivity contribution in [1.82, 2.24) is 5.32 Å². The van der Waals surface area contributed by atoms with Crippen LogP contribution in [0, 0.1) is 0 Å². The summed E-state index contributed by atoms with van der Waals surface area (Å²) in [6, 6.07) is 4.26. The molecule has 1 atom stereocenters. The van der Waals surface area contributed by atoms with Crippen LogP contribution in [0.1, 0.15) is 23.2 Å². The molecule has 104 valence electrons. The summed E-state index contributed by atoms with van der Waals surface area (Å²) in [5.74, 6) is -0.125. The van der Waals surface area contributed by atoms with Crippen molar-refractivity contribution in [2.45, 2.75) is 18.9 Å². The number of halogens is 1. The molecule has 5 nitrogen and oxygen atoms in total. The van der Waals surface area contributed by atoms with Gasteiger partial charge < -0.3 is 11.1 Å². The molecule has 1 aromatic carbocycles. The molecule has 1 saturated heterocycles. The van der Waals surface area contributed by atoms with Crippen LogP contribution >= 0.6 is 11.6 Å².